The fraction of sp³-hybridized carbons (Fsp3) is 0. The number of halogens is 2. The van der Waals surface area contributed by atoms with Crippen LogP contribution >= 0.6 is 11.8 Å². The lowest BCUT2D eigenvalue weighted by atomic mass is 10.4. The van der Waals surface area contributed by atoms with Gasteiger partial charge in [-0.3, -0.25) is 0 Å². The van der Waals surface area contributed by atoms with E-state index in [1.165, 1.54) is 11.8 Å². The molecule has 1 aromatic rings. The summed E-state index contributed by atoms with van der Waals surface area (Å²) in [4.78, 5) is 0.888. The number of hydrazone groups is 1. The Bertz CT molecular complexity index is 405. The molecule has 0 aliphatic carbocycles. The molecule has 3 nitrogen and oxygen atoms in total. The molecule has 0 radical (unpaired) electrons. The van der Waals surface area contributed by atoms with Gasteiger partial charge in [-0.1, -0.05) is 39.5 Å². The highest BCUT2D eigenvalue weighted by atomic mass is 32.2. The van der Waals surface area contributed by atoms with Crippen LogP contribution in [0, 0.1) is 0 Å². The molecular weight excluding hydrogens is 220 g/mol. The minimum absolute atomic E-state index is 0.152. The van der Waals surface area contributed by atoms with Crippen molar-refractivity contribution in [2.75, 3.05) is 0 Å². The van der Waals surface area contributed by atoms with Crippen LogP contribution in [0.3, 0.4) is 0 Å². The molecule has 0 unspecified atom stereocenters. The van der Waals surface area contributed by atoms with E-state index in [4.69, 9.17) is 0 Å². The van der Waals surface area contributed by atoms with Crippen molar-refractivity contribution >= 4 is 17.7 Å². The lowest BCUT2D eigenvalue weighted by molar-refractivity contribution is -0.0168. The average Bonchev–Trinajstić information content (AvgIpc) is 2.17. The highest BCUT2D eigenvalue weighted by Crippen LogP contribution is 2.26. The summed E-state index contributed by atoms with van der Waals surface area (Å²) in [6.45, 7) is 0. The van der Waals surface area contributed by atoms with E-state index in [0.29, 0.717) is 5.03 Å². The summed E-state index contributed by atoms with van der Waals surface area (Å²) in [6, 6.07) is 9.27. The summed E-state index contributed by atoms with van der Waals surface area (Å²) in [5.41, 5.74) is 2.26. The molecule has 1 heterocycles. The second-order valence-electron chi connectivity index (χ2n) is 2.72. The predicted octanol–water partition coefficient (Wildman–Crippen LogP) is 2.61. The summed E-state index contributed by atoms with van der Waals surface area (Å²) < 4.78 is 25.4. The minimum Gasteiger partial charge on any atom is -0.246 e. The largest absolute Gasteiger partial charge is 0.246 e. The van der Waals surface area contributed by atoms with Gasteiger partial charge in [-0.15, -0.1) is 0 Å². The van der Waals surface area contributed by atoms with Crippen molar-refractivity contribution in [1.82, 2.24) is 10.8 Å². The molecular formula is C9H7F2N3S. The standard InChI is InChI=1S/C9H7F2N3S/c10-8-6-9(13-14(11)12-8)15-7-4-2-1-3-5-7/h1-6,13H. The molecule has 0 atom stereocenters. The fourth-order valence-corrected chi connectivity index (χ4v) is 1.86. The minimum atomic E-state index is -0.866. The first-order valence-electron chi connectivity index (χ1n) is 4.15. The van der Waals surface area contributed by atoms with E-state index in [-0.39, 0.29) is 5.34 Å². The zero-order valence-corrected chi connectivity index (χ0v) is 8.34. The average molecular weight is 227 g/mol. The predicted molar refractivity (Wildman–Crippen MR) is 55.0 cm³/mol. The van der Waals surface area contributed by atoms with E-state index in [0.717, 1.165) is 11.0 Å². The SMILES string of the molecule is FC1=NN(F)NC(Sc2ccccc2)=C1. The second kappa shape index (κ2) is 4.31. The highest BCUT2D eigenvalue weighted by Gasteiger charge is 2.12. The van der Waals surface area contributed by atoms with Crippen molar-refractivity contribution in [3.05, 3.63) is 41.4 Å². The Kier molecular flexibility index (Phi) is 2.86. The summed E-state index contributed by atoms with van der Waals surface area (Å²) in [6.07, 6.45) is 1.13. The number of benzene rings is 1. The van der Waals surface area contributed by atoms with Crippen LogP contribution in [0.5, 0.6) is 0 Å². The third-order valence-electron chi connectivity index (χ3n) is 1.61. The lowest BCUT2D eigenvalue weighted by Crippen LogP contribution is -2.28. The molecule has 0 fully saturated rings. The maximum Gasteiger partial charge on any atom is 0.238 e. The van der Waals surface area contributed by atoms with Gasteiger partial charge in [0.05, 0.1) is 0 Å². The van der Waals surface area contributed by atoms with Crippen LogP contribution in [0.15, 0.2) is 51.4 Å². The summed E-state index contributed by atoms with van der Waals surface area (Å²) in [5.74, 6) is -0.866. The molecule has 1 N–H and O–H groups in total. The molecule has 0 aromatic heterocycles. The van der Waals surface area contributed by atoms with E-state index < -0.39 is 5.97 Å². The zero-order valence-electron chi connectivity index (χ0n) is 7.52. The Morgan fingerprint density at radius 3 is 2.67 bits per heavy atom. The van der Waals surface area contributed by atoms with E-state index in [9.17, 15) is 8.87 Å². The monoisotopic (exact) mass is 227 g/mol. The topological polar surface area (TPSA) is 27.6 Å². The van der Waals surface area contributed by atoms with Crippen molar-refractivity contribution < 1.29 is 8.87 Å². The van der Waals surface area contributed by atoms with Crippen LogP contribution in [0.4, 0.5) is 8.87 Å². The van der Waals surface area contributed by atoms with E-state index >= 15 is 0 Å². The lowest BCUT2D eigenvalue weighted by Gasteiger charge is -2.16. The Morgan fingerprint density at radius 1 is 1.27 bits per heavy atom. The van der Waals surface area contributed by atoms with Crippen molar-refractivity contribution in [2.45, 2.75) is 4.90 Å². The van der Waals surface area contributed by atoms with Gasteiger partial charge in [-0.05, 0) is 17.5 Å². The first-order valence-corrected chi connectivity index (χ1v) is 4.97. The van der Waals surface area contributed by atoms with Gasteiger partial charge >= 0.3 is 0 Å². The maximum absolute atomic E-state index is 12.7. The molecule has 0 amide bonds. The summed E-state index contributed by atoms with van der Waals surface area (Å²) in [7, 11) is 0. The molecule has 0 bridgehead atoms. The van der Waals surface area contributed by atoms with Crippen LogP contribution in [0.25, 0.3) is 0 Å². The first kappa shape index (κ1) is 9.97. The number of hydrazine groups is 1. The number of rotatable bonds is 2. The van der Waals surface area contributed by atoms with Gasteiger partial charge in [-0.25, -0.2) is 5.43 Å². The molecule has 1 aromatic carbocycles. The van der Waals surface area contributed by atoms with Gasteiger partial charge in [0.25, 0.3) is 0 Å². The van der Waals surface area contributed by atoms with Gasteiger partial charge in [0.15, 0.2) is 0 Å². The Morgan fingerprint density at radius 2 is 2.00 bits per heavy atom. The first-order chi connectivity index (χ1) is 7.24. The molecule has 6 heteroatoms. The molecule has 0 saturated carbocycles. The van der Waals surface area contributed by atoms with Gasteiger partial charge in [-0.2, -0.15) is 4.39 Å². The summed E-state index contributed by atoms with van der Waals surface area (Å²) in [5, 5.41) is 3.08. The Hall–Kier alpha value is -1.56. The fourth-order valence-electron chi connectivity index (χ4n) is 1.04. The number of allylic oxidation sites excluding steroid dienone is 1. The van der Waals surface area contributed by atoms with Gasteiger partial charge < -0.3 is 0 Å². The molecule has 0 spiro atoms. The molecule has 78 valence electrons. The van der Waals surface area contributed by atoms with Crippen LogP contribution in [-0.4, -0.2) is 11.3 Å². The number of nitrogens with one attached hydrogen (secondary N) is 1. The maximum atomic E-state index is 12.7. The van der Waals surface area contributed by atoms with E-state index in [1.54, 1.807) is 0 Å². The van der Waals surface area contributed by atoms with E-state index in [1.807, 2.05) is 30.3 Å². The normalized spacial score (nSPS) is 15.5. The van der Waals surface area contributed by atoms with Gasteiger partial charge in [0.1, 0.15) is 5.03 Å². The zero-order chi connectivity index (χ0) is 10.7. The number of nitrogens with zero attached hydrogens (tertiary/aromatic N) is 2. The number of hydrogen-bond acceptors (Lipinski definition) is 4. The summed E-state index contributed by atoms with van der Waals surface area (Å²) >= 11 is 1.22. The molecule has 15 heavy (non-hydrogen) atoms. The van der Waals surface area contributed by atoms with Gasteiger partial charge in [0, 0.05) is 11.0 Å². The van der Waals surface area contributed by atoms with Crippen molar-refractivity contribution in [3.8, 4) is 0 Å². The Balaban J connectivity index is 2.11. The second-order valence-corrected chi connectivity index (χ2v) is 3.83. The van der Waals surface area contributed by atoms with Gasteiger partial charge in [0.2, 0.25) is 5.97 Å². The number of thioether (sulfide) groups is 1. The third kappa shape index (κ3) is 2.69. The Labute approximate surface area is 89.4 Å². The van der Waals surface area contributed by atoms with Crippen LogP contribution < -0.4 is 5.43 Å². The molecule has 1 aliphatic rings. The van der Waals surface area contributed by atoms with Crippen LogP contribution in [0.2, 0.25) is 0 Å². The highest BCUT2D eigenvalue weighted by molar-refractivity contribution is 8.03. The molecule has 1 aliphatic heterocycles. The van der Waals surface area contributed by atoms with Crippen LogP contribution in [0.1, 0.15) is 0 Å². The van der Waals surface area contributed by atoms with E-state index in [2.05, 4.69) is 10.5 Å². The third-order valence-corrected chi connectivity index (χ3v) is 2.54. The quantitative estimate of drug-likeness (QED) is 0.787. The van der Waals surface area contributed by atoms with Crippen molar-refractivity contribution in [3.63, 3.8) is 0 Å². The molecule has 0 saturated heterocycles. The van der Waals surface area contributed by atoms with Crippen LogP contribution in [-0.2, 0) is 0 Å². The molecule has 2 rings (SSSR count). The van der Waals surface area contributed by atoms with Crippen molar-refractivity contribution in [2.24, 2.45) is 5.10 Å². The number of hydrogen-bond donors (Lipinski definition) is 1. The van der Waals surface area contributed by atoms with Crippen molar-refractivity contribution in [1.29, 1.82) is 0 Å². The smallest absolute Gasteiger partial charge is 0.238 e.